The number of hydrogen-bond acceptors (Lipinski definition) is 4. The third-order valence-electron chi connectivity index (χ3n) is 4.01. The Kier molecular flexibility index (Phi) is 8.37. The van der Waals surface area contributed by atoms with E-state index in [0.29, 0.717) is 12.1 Å². The highest BCUT2D eigenvalue weighted by molar-refractivity contribution is 5.96. The van der Waals surface area contributed by atoms with Gasteiger partial charge in [0.2, 0.25) is 17.7 Å². The normalized spacial score (nSPS) is 10.1. The Balaban J connectivity index is 1.66. The standard InChI is InChI=1S/C21H24N4O4/c22-18(26)14-25-21(29)17-8-6-16(7-9-17)13-24-19(27)10-11-23-20(28)12-15-4-2-1-3-5-15/h1-9H,10-14H2,(H2,22,26)(H,23,28)(H,24,27)(H,25,29). The number of carbonyl (C=O) groups excluding carboxylic acids is 4. The van der Waals surface area contributed by atoms with E-state index >= 15 is 0 Å². The molecule has 0 spiro atoms. The lowest BCUT2D eigenvalue weighted by Gasteiger charge is -2.08. The van der Waals surface area contributed by atoms with Gasteiger partial charge in [0.15, 0.2) is 0 Å². The zero-order valence-corrected chi connectivity index (χ0v) is 15.9. The first-order valence-electron chi connectivity index (χ1n) is 9.17. The Hall–Kier alpha value is -3.68. The second kappa shape index (κ2) is 11.2. The summed E-state index contributed by atoms with van der Waals surface area (Å²) in [6.45, 7) is 0.342. The molecule has 0 aliphatic carbocycles. The minimum atomic E-state index is -0.617. The van der Waals surface area contributed by atoms with Crippen LogP contribution >= 0.6 is 0 Å². The molecule has 2 aromatic carbocycles. The fourth-order valence-corrected chi connectivity index (χ4v) is 2.49. The summed E-state index contributed by atoms with van der Waals surface area (Å²) in [4.78, 5) is 46.2. The van der Waals surface area contributed by atoms with Gasteiger partial charge in [0.25, 0.3) is 5.91 Å². The third kappa shape index (κ3) is 8.25. The highest BCUT2D eigenvalue weighted by Crippen LogP contribution is 2.04. The number of nitrogens with one attached hydrogen (secondary N) is 3. The fraction of sp³-hybridized carbons (Fsp3) is 0.238. The van der Waals surface area contributed by atoms with Crippen LogP contribution in [0.3, 0.4) is 0 Å². The SMILES string of the molecule is NC(=O)CNC(=O)c1ccc(CNC(=O)CCNC(=O)Cc2ccccc2)cc1. The molecule has 2 aromatic rings. The molecule has 0 unspecified atom stereocenters. The molecule has 0 radical (unpaired) electrons. The summed E-state index contributed by atoms with van der Waals surface area (Å²) >= 11 is 0. The van der Waals surface area contributed by atoms with Crippen molar-refractivity contribution in [2.24, 2.45) is 5.73 Å². The highest BCUT2D eigenvalue weighted by Gasteiger charge is 2.08. The summed E-state index contributed by atoms with van der Waals surface area (Å²) < 4.78 is 0. The molecule has 4 amide bonds. The molecule has 5 N–H and O–H groups in total. The van der Waals surface area contributed by atoms with Gasteiger partial charge in [-0.25, -0.2) is 0 Å². The summed E-state index contributed by atoms with van der Waals surface area (Å²) in [6, 6.07) is 16.0. The topological polar surface area (TPSA) is 130 Å². The summed E-state index contributed by atoms with van der Waals surface area (Å²) in [5, 5.41) is 7.88. The van der Waals surface area contributed by atoms with Gasteiger partial charge in [0.1, 0.15) is 0 Å². The van der Waals surface area contributed by atoms with Crippen LogP contribution in [0.1, 0.15) is 27.9 Å². The first-order chi connectivity index (χ1) is 13.9. The molecule has 0 aliphatic heterocycles. The maximum atomic E-state index is 11.9. The minimum Gasteiger partial charge on any atom is -0.368 e. The number of benzene rings is 2. The lowest BCUT2D eigenvalue weighted by atomic mass is 10.1. The van der Waals surface area contributed by atoms with Crippen LogP contribution in [-0.4, -0.2) is 36.7 Å². The van der Waals surface area contributed by atoms with Crippen molar-refractivity contribution in [3.8, 4) is 0 Å². The summed E-state index contributed by atoms with van der Waals surface area (Å²) in [6.07, 6.45) is 0.454. The Morgan fingerprint density at radius 2 is 1.45 bits per heavy atom. The van der Waals surface area contributed by atoms with Crippen LogP contribution in [0.2, 0.25) is 0 Å². The van der Waals surface area contributed by atoms with Gasteiger partial charge in [0, 0.05) is 25.1 Å². The molecular formula is C21H24N4O4. The van der Waals surface area contributed by atoms with E-state index in [1.807, 2.05) is 30.3 Å². The van der Waals surface area contributed by atoms with Crippen LogP contribution in [-0.2, 0) is 27.3 Å². The summed E-state index contributed by atoms with van der Waals surface area (Å²) in [5.74, 6) is -1.33. The van der Waals surface area contributed by atoms with Crippen molar-refractivity contribution in [2.75, 3.05) is 13.1 Å². The Labute approximate surface area is 168 Å². The van der Waals surface area contributed by atoms with Crippen molar-refractivity contribution in [1.82, 2.24) is 16.0 Å². The van der Waals surface area contributed by atoms with E-state index in [2.05, 4.69) is 16.0 Å². The molecular weight excluding hydrogens is 372 g/mol. The van der Waals surface area contributed by atoms with Gasteiger partial charge in [-0.15, -0.1) is 0 Å². The maximum Gasteiger partial charge on any atom is 0.251 e. The lowest BCUT2D eigenvalue weighted by Crippen LogP contribution is -2.33. The van der Waals surface area contributed by atoms with E-state index < -0.39 is 11.8 Å². The van der Waals surface area contributed by atoms with E-state index in [0.717, 1.165) is 11.1 Å². The monoisotopic (exact) mass is 396 g/mol. The van der Waals surface area contributed by atoms with Gasteiger partial charge in [-0.3, -0.25) is 19.2 Å². The predicted molar refractivity (Wildman–Crippen MR) is 108 cm³/mol. The van der Waals surface area contributed by atoms with Gasteiger partial charge in [-0.1, -0.05) is 42.5 Å². The third-order valence-corrected chi connectivity index (χ3v) is 4.01. The lowest BCUT2D eigenvalue weighted by molar-refractivity contribution is -0.122. The fourth-order valence-electron chi connectivity index (χ4n) is 2.49. The molecule has 2 rings (SSSR count). The van der Waals surface area contributed by atoms with Gasteiger partial charge >= 0.3 is 0 Å². The predicted octanol–water partition coefficient (Wildman–Crippen LogP) is 0.267. The minimum absolute atomic E-state index is 0.130. The zero-order valence-electron chi connectivity index (χ0n) is 15.9. The first kappa shape index (κ1) is 21.6. The largest absolute Gasteiger partial charge is 0.368 e. The van der Waals surface area contributed by atoms with E-state index in [9.17, 15) is 19.2 Å². The molecule has 0 bridgehead atoms. The van der Waals surface area contributed by atoms with Crippen molar-refractivity contribution in [3.05, 3.63) is 71.3 Å². The number of hydrogen-bond donors (Lipinski definition) is 4. The van der Waals surface area contributed by atoms with Crippen LogP contribution in [0.25, 0.3) is 0 Å². The molecule has 0 atom stereocenters. The van der Waals surface area contributed by atoms with E-state index in [-0.39, 0.29) is 37.7 Å². The molecule has 0 fully saturated rings. The molecule has 29 heavy (non-hydrogen) atoms. The molecule has 0 aliphatic rings. The van der Waals surface area contributed by atoms with E-state index in [1.165, 1.54) is 0 Å². The maximum absolute atomic E-state index is 11.9. The number of amides is 4. The van der Waals surface area contributed by atoms with Gasteiger partial charge in [-0.2, -0.15) is 0 Å². The molecule has 0 aromatic heterocycles. The van der Waals surface area contributed by atoms with Crippen LogP contribution in [0.15, 0.2) is 54.6 Å². The van der Waals surface area contributed by atoms with Crippen LogP contribution in [0.4, 0.5) is 0 Å². The molecule has 8 nitrogen and oxygen atoms in total. The summed E-state index contributed by atoms with van der Waals surface area (Å²) in [5.41, 5.74) is 7.11. The van der Waals surface area contributed by atoms with Crippen LogP contribution in [0.5, 0.6) is 0 Å². The van der Waals surface area contributed by atoms with Crippen LogP contribution < -0.4 is 21.7 Å². The van der Waals surface area contributed by atoms with E-state index in [1.54, 1.807) is 24.3 Å². The van der Waals surface area contributed by atoms with Crippen molar-refractivity contribution in [3.63, 3.8) is 0 Å². The van der Waals surface area contributed by atoms with E-state index in [4.69, 9.17) is 5.73 Å². The molecule has 0 saturated heterocycles. The smallest absolute Gasteiger partial charge is 0.251 e. The Morgan fingerprint density at radius 1 is 0.759 bits per heavy atom. The number of primary amides is 1. The Morgan fingerprint density at radius 3 is 2.10 bits per heavy atom. The number of nitrogens with two attached hydrogens (primary N) is 1. The average Bonchev–Trinajstić information content (AvgIpc) is 2.71. The quantitative estimate of drug-likeness (QED) is 0.459. The zero-order chi connectivity index (χ0) is 21.1. The van der Waals surface area contributed by atoms with Crippen molar-refractivity contribution in [2.45, 2.75) is 19.4 Å². The second-order valence-corrected chi connectivity index (χ2v) is 6.38. The summed E-state index contributed by atoms with van der Waals surface area (Å²) in [7, 11) is 0. The first-order valence-corrected chi connectivity index (χ1v) is 9.17. The molecule has 0 saturated carbocycles. The van der Waals surface area contributed by atoms with Gasteiger partial charge < -0.3 is 21.7 Å². The van der Waals surface area contributed by atoms with Crippen LogP contribution in [0, 0.1) is 0 Å². The number of carbonyl (C=O) groups is 4. The highest BCUT2D eigenvalue weighted by atomic mass is 16.2. The van der Waals surface area contributed by atoms with Crippen molar-refractivity contribution >= 4 is 23.6 Å². The Bertz CT molecular complexity index is 851. The molecule has 152 valence electrons. The van der Waals surface area contributed by atoms with Crippen molar-refractivity contribution in [1.29, 1.82) is 0 Å². The average molecular weight is 396 g/mol. The van der Waals surface area contributed by atoms with Gasteiger partial charge in [0.05, 0.1) is 13.0 Å². The molecule has 0 heterocycles. The van der Waals surface area contributed by atoms with Crippen molar-refractivity contribution < 1.29 is 19.2 Å². The number of rotatable bonds is 10. The van der Waals surface area contributed by atoms with Gasteiger partial charge in [-0.05, 0) is 23.3 Å². The molecule has 8 heteroatoms. The second-order valence-electron chi connectivity index (χ2n) is 6.38.